The van der Waals surface area contributed by atoms with Crippen molar-refractivity contribution in [3.8, 4) is 11.1 Å². The molecule has 0 saturated carbocycles. The highest BCUT2D eigenvalue weighted by Crippen LogP contribution is 2.50. The van der Waals surface area contributed by atoms with Crippen molar-refractivity contribution in [1.82, 2.24) is 0 Å². The smallest absolute Gasteiger partial charge is 0.252 e. The van der Waals surface area contributed by atoms with E-state index in [1.165, 1.54) is 78.3 Å². The Hall–Kier alpha value is -5.80. The highest BCUT2D eigenvalue weighted by Gasteiger charge is 2.52. The van der Waals surface area contributed by atoms with Gasteiger partial charge in [-0.25, -0.2) is 0 Å². The van der Waals surface area contributed by atoms with Gasteiger partial charge in [0.25, 0.3) is 6.71 Å². The van der Waals surface area contributed by atoms with Gasteiger partial charge in [-0.2, -0.15) is 0 Å². The summed E-state index contributed by atoms with van der Waals surface area (Å²) in [6.07, 6.45) is 0. The second kappa shape index (κ2) is 9.85. The van der Waals surface area contributed by atoms with E-state index in [4.69, 9.17) is 0 Å². The van der Waals surface area contributed by atoms with Crippen molar-refractivity contribution in [2.75, 3.05) is 9.80 Å². The minimum Gasteiger partial charge on any atom is -0.311 e. The Balaban J connectivity index is 1.30. The summed E-state index contributed by atoms with van der Waals surface area (Å²) in [5.41, 5.74) is 17.8. The van der Waals surface area contributed by atoms with Gasteiger partial charge in [-0.1, -0.05) is 121 Å². The predicted molar refractivity (Wildman–Crippen MR) is 198 cm³/mol. The van der Waals surface area contributed by atoms with Crippen LogP contribution in [0.15, 0.2) is 170 Å². The van der Waals surface area contributed by atoms with Crippen LogP contribution in [0.4, 0.5) is 34.1 Å². The summed E-state index contributed by atoms with van der Waals surface area (Å²) < 4.78 is 0. The van der Waals surface area contributed by atoms with E-state index in [9.17, 15) is 0 Å². The van der Waals surface area contributed by atoms with Crippen LogP contribution in [0.2, 0.25) is 0 Å². The molecule has 3 aliphatic heterocycles. The second-order valence-electron chi connectivity index (χ2n) is 13.0. The molecule has 0 N–H and O–H groups in total. The molecule has 0 bridgehead atoms. The standard InChI is InChI=1S/C44H31BN2/c1-44(32-16-7-3-8-17-32)35-20-11-22-37-41(35)45-42-36(44)21-12-23-38(42)47(34-28-26-31(27-29-34)30-14-5-2-6-15-30)40-25-13-24-39(43(40)45)46(37)33-18-9-4-10-19-33/h2-29H,1H3. The fourth-order valence-corrected chi connectivity index (χ4v) is 8.69. The largest absolute Gasteiger partial charge is 0.311 e. The van der Waals surface area contributed by atoms with Gasteiger partial charge in [-0.3, -0.25) is 0 Å². The maximum absolute atomic E-state index is 2.51. The SMILES string of the molecule is CC1(c2ccccc2)c2cccc3c2B2c4c(cccc4N(c4ccc(-c5ccccc5)cc4)c4cccc1c42)N3c1ccccc1. The Morgan fingerprint density at radius 3 is 1.36 bits per heavy atom. The minimum atomic E-state index is -0.330. The lowest BCUT2D eigenvalue weighted by molar-refractivity contribution is 0.697. The maximum Gasteiger partial charge on any atom is 0.252 e. The van der Waals surface area contributed by atoms with Crippen LogP contribution in [0.5, 0.6) is 0 Å². The van der Waals surface area contributed by atoms with Gasteiger partial charge in [-0.05, 0) is 99.7 Å². The number of anilines is 6. The van der Waals surface area contributed by atoms with Crippen LogP contribution >= 0.6 is 0 Å². The molecule has 10 rings (SSSR count). The molecule has 220 valence electrons. The summed E-state index contributed by atoms with van der Waals surface area (Å²) in [7, 11) is 0. The Morgan fingerprint density at radius 2 is 0.809 bits per heavy atom. The minimum absolute atomic E-state index is 0.134. The Kier molecular flexibility index (Phi) is 5.54. The van der Waals surface area contributed by atoms with E-state index in [0.717, 1.165) is 0 Å². The van der Waals surface area contributed by atoms with Crippen molar-refractivity contribution in [3.05, 3.63) is 187 Å². The van der Waals surface area contributed by atoms with E-state index in [-0.39, 0.29) is 12.1 Å². The molecule has 3 heterocycles. The lowest BCUT2D eigenvalue weighted by Crippen LogP contribution is -2.67. The summed E-state index contributed by atoms with van der Waals surface area (Å²) in [5.74, 6) is 0. The highest BCUT2D eigenvalue weighted by atomic mass is 15.2. The summed E-state index contributed by atoms with van der Waals surface area (Å²) in [6.45, 7) is 2.57. The number of rotatable bonds is 4. The van der Waals surface area contributed by atoms with Crippen molar-refractivity contribution < 1.29 is 0 Å². The zero-order valence-corrected chi connectivity index (χ0v) is 26.1. The van der Waals surface area contributed by atoms with Crippen LogP contribution < -0.4 is 26.2 Å². The van der Waals surface area contributed by atoms with Gasteiger partial charge < -0.3 is 9.80 Å². The molecule has 47 heavy (non-hydrogen) atoms. The fourth-order valence-electron chi connectivity index (χ4n) is 8.69. The van der Waals surface area contributed by atoms with Crippen molar-refractivity contribution in [2.24, 2.45) is 0 Å². The number of hydrogen-bond donors (Lipinski definition) is 0. The quantitative estimate of drug-likeness (QED) is 0.187. The van der Waals surface area contributed by atoms with Gasteiger partial charge in [0.1, 0.15) is 0 Å². The molecular weight excluding hydrogens is 567 g/mol. The molecule has 0 radical (unpaired) electrons. The van der Waals surface area contributed by atoms with Crippen LogP contribution in [0.3, 0.4) is 0 Å². The first-order valence-corrected chi connectivity index (χ1v) is 16.5. The predicted octanol–water partition coefficient (Wildman–Crippen LogP) is 9.10. The topological polar surface area (TPSA) is 6.48 Å². The van der Waals surface area contributed by atoms with Gasteiger partial charge in [0.15, 0.2) is 0 Å². The van der Waals surface area contributed by atoms with Crippen LogP contribution in [0.1, 0.15) is 23.6 Å². The van der Waals surface area contributed by atoms with Gasteiger partial charge in [0.05, 0.1) is 0 Å². The summed E-state index contributed by atoms with van der Waals surface area (Å²) in [5, 5.41) is 0. The number of para-hydroxylation sites is 1. The molecule has 2 nitrogen and oxygen atoms in total. The lowest BCUT2D eigenvalue weighted by atomic mass is 9.28. The van der Waals surface area contributed by atoms with Crippen molar-refractivity contribution >= 4 is 57.2 Å². The zero-order chi connectivity index (χ0) is 31.1. The molecule has 0 aliphatic carbocycles. The average Bonchev–Trinajstić information content (AvgIpc) is 3.15. The van der Waals surface area contributed by atoms with Crippen molar-refractivity contribution in [1.29, 1.82) is 0 Å². The summed E-state index contributed by atoms with van der Waals surface area (Å²) in [4.78, 5) is 5.01. The molecular formula is C44H31BN2. The van der Waals surface area contributed by atoms with Gasteiger partial charge >= 0.3 is 0 Å². The van der Waals surface area contributed by atoms with Crippen LogP contribution in [-0.2, 0) is 5.41 Å². The van der Waals surface area contributed by atoms with Gasteiger partial charge in [0, 0.05) is 39.5 Å². The molecule has 3 aliphatic rings. The van der Waals surface area contributed by atoms with E-state index in [0.29, 0.717) is 0 Å². The maximum atomic E-state index is 2.51. The van der Waals surface area contributed by atoms with Crippen LogP contribution in [0, 0.1) is 0 Å². The number of benzene rings is 7. The Bertz CT molecular complexity index is 2320. The molecule has 0 amide bonds. The summed E-state index contributed by atoms with van der Waals surface area (Å²) in [6, 6.07) is 62.6. The highest BCUT2D eigenvalue weighted by molar-refractivity contribution is 7.01. The first-order valence-electron chi connectivity index (χ1n) is 16.5. The molecule has 7 aromatic rings. The van der Waals surface area contributed by atoms with Gasteiger partial charge in [-0.15, -0.1) is 0 Å². The monoisotopic (exact) mass is 598 g/mol. The number of nitrogens with zero attached hydrogens (tertiary/aromatic N) is 2. The number of hydrogen-bond acceptors (Lipinski definition) is 2. The first-order chi connectivity index (χ1) is 23.2. The molecule has 7 aromatic carbocycles. The molecule has 0 aromatic heterocycles. The van der Waals surface area contributed by atoms with Crippen LogP contribution in [-0.4, -0.2) is 6.71 Å². The van der Waals surface area contributed by atoms with Gasteiger partial charge in [0.2, 0.25) is 0 Å². The van der Waals surface area contributed by atoms with E-state index in [2.05, 4.69) is 187 Å². The van der Waals surface area contributed by atoms with Crippen molar-refractivity contribution in [2.45, 2.75) is 12.3 Å². The normalized spacial score (nSPS) is 16.6. The molecule has 0 fully saturated rings. The molecule has 3 heteroatoms. The average molecular weight is 599 g/mol. The Morgan fingerprint density at radius 1 is 0.383 bits per heavy atom. The van der Waals surface area contributed by atoms with E-state index in [1.807, 2.05) is 0 Å². The third-order valence-corrected chi connectivity index (χ3v) is 10.7. The second-order valence-corrected chi connectivity index (χ2v) is 13.0. The van der Waals surface area contributed by atoms with E-state index < -0.39 is 0 Å². The fraction of sp³-hybridized carbons (Fsp3) is 0.0455. The molecule has 1 unspecified atom stereocenters. The Labute approximate surface area is 276 Å². The lowest BCUT2D eigenvalue weighted by Gasteiger charge is -2.51. The molecule has 0 saturated heterocycles. The molecule has 1 atom stereocenters. The molecule has 0 spiro atoms. The first kappa shape index (κ1) is 26.4. The van der Waals surface area contributed by atoms with E-state index >= 15 is 0 Å². The third-order valence-electron chi connectivity index (χ3n) is 10.7. The van der Waals surface area contributed by atoms with E-state index in [1.54, 1.807) is 0 Å². The third kappa shape index (κ3) is 3.57. The summed E-state index contributed by atoms with van der Waals surface area (Å²) >= 11 is 0. The van der Waals surface area contributed by atoms with Crippen molar-refractivity contribution in [3.63, 3.8) is 0 Å². The van der Waals surface area contributed by atoms with Crippen LogP contribution in [0.25, 0.3) is 11.1 Å². The zero-order valence-electron chi connectivity index (χ0n) is 26.1.